The number of carbonyl (C=O) groups is 3. The van der Waals surface area contributed by atoms with Gasteiger partial charge in [-0.1, -0.05) is 22.9 Å². The van der Waals surface area contributed by atoms with Gasteiger partial charge in [-0.3, -0.25) is 14.4 Å². The molecule has 1 aliphatic rings. The summed E-state index contributed by atoms with van der Waals surface area (Å²) in [7, 11) is -3.36. The molecule has 24 heavy (non-hydrogen) atoms. The first kappa shape index (κ1) is 19.0. The maximum Gasteiger partial charge on any atom is 0.181 e. The summed E-state index contributed by atoms with van der Waals surface area (Å²) in [6.45, 7) is 1.77. The number of Topliss-reactive ketones (excluding diaryl/α,β-unsaturated/α-hetero) is 3. The van der Waals surface area contributed by atoms with Gasteiger partial charge in [0.2, 0.25) is 0 Å². The Hall–Kier alpha value is -1.34. The van der Waals surface area contributed by atoms with Gasteiger partial charge in [-0.2, -0.15) is 0 Å². The Bertz CT molecular complexity index is 766. The van der Waals surface area contributed by atoms with Crippen LogP contribution >= 0.6 is 15.9 Å². The summed E-state index contributed by atoms with van der Waals surface area (Å²) in [6.07, 6.45) is 1.38. The number of rotatable bonds is 6. The molecule has 0 saturated heterocycles. The molecule has 7 heteroatoms. The molecule has 2 rings (SSSR count). The van der Waals surface area contributed by atoms with Crippen molar-refractivity contribution in [2.24, 2.45) is 5.92 Å². The Morgan fingerprint density at radius 1 is 1.21 bits per heavy atom. The molecule has 0 aromatic heterocycles. The van der Waals surface area contributed by atoms with E-state index in [2.05, 4.69) is 15.9 Å². The summed E-state index contributed by atoms with van der Waals surface area (Å²) >= 11 is 3.27. The van der Waals surface area contributed by atoms with E-state index in [9.17, 15) is 22.8 Å². The van der Waals surface area contributed by atoms with E-state index in [-0.39, 0.29) is 41.5 Å². The topological polar surface area (TPSA) is 85.3 Å². The highest BCUT2D eigenvalue weighted by Gasteiger charge is 2.37. The van der Waals surface area contributed by atoms with E-state index in [1.165, 1.54) is 6.07 Å². The van der Waals surface area contributed by atoms with Gasteiger partial charge >= 0.3 is 0 Å². The van der Waals surface area contributed by atoms with Crippen molar-refractivity contribution in [1.82, 2.24) is 0 Å². The molecule has 0 bridgehead atoms. The molecule has 0 amide bonds. The minimum absolute atomic E-state index is 0.0223. The molecule has 0 spiro atoms. The first-order chi connectivity index (χ1) is 11.2. The van der Waals surface area contributed by atoms with E-state index in [1.54, 1.807) is 19.1 Å². The van der Waals surface area contributed by atoms with Crippen LogP contribution in [0.3, 0.4) is 0 Å². The van der Waals surface area contributed by atoms with Crippen LogP contribution in [0.2, 0.25) is 0 Å². The van der Waals surface area contributed by atoms with E-state index in [1.807, 2.05) is 0 Å². The summed E-state index contributed by atoms with van der Waals surface area (Å²) in [5, 5.41) is 0. The third kappa shape index (κ3) is 4.39. The molecule has 0 N–H and O–H groups in total. The molecular weight excluding hydrogens is 396 g/mol. The SMILES string of the molecule is CCCS(=O)(=O)Cc1cc(Br)ccc1C(=O)C1C(=O)CCCC1=O. The molecule has 1 aromatic rings. The molecule has 0 radical (unpaired) electrons. The van der Waals surface area contributed by atoms with Gasteiger partial charge in [-0.05, 0) is 36.6 Å². The van der Waals surface area contributed by atoms with E-state index < -0.39 is 21.5 Å². The first-order valence-corrected chi connectivity index (χ1v) is 10.4. The predicted octanol–water partition coefficient (Wildman–Crippen LogP) is 2.89. The molecular formula is C17H19BrO5S. The zero-order valence-corrected chi connectivity index (χ0v) is 15.8. The van der Waals surface area contributed by atoms with Crippen LogP contribution in [0, 0.1) is 5.92 Å². The molecule has 1 aromatic carbocycles. The van der Waals surface area contributed by atoms with Crippen molar-refractivity contribution in [2.75, 3.05) is 5.75 Å². The van der Waals surface area contributed by atoms with Crippen molar-refractivity contribution in [2.45, 2.75) is 38.4 Å². The highest BCUT2D eigenvalue weighted by atomic mass is 79.9. The van der Waals surface area contributed by atoms with E-state index in [0.29, 0.717) is 22.9 Å². The number of halogens is 1. The maximum absolute atomic E-state index is 12.7. The van der Waals surface area contributed by atoms with Gasteiger partial charge in [0.1, 0.15) is 5.92 Å². The average molecular weight is 415 g/mol. The van der Waals surface area contributed by atoms with E-state index in [4.69, 9.17) is 0 Å². The average Bonchev–Trinajstić information content (AvgIpc) is 2.46. The molecule has 0 atom stereocenters. The van der Waals surface area contributed by atoms with Crippen LogP contribution in [0.5, 0.6) is 0 Å². The molecule has 5 nitrogen and oxygen atoms in total. The Balaban J connectivity index is 2.41. The molecule has 0 aliphatic heterocycles. The summed E-state index contributed by atoms with van der Waals surface area (Å²) in [5.74, 6) is -2.88. The van der Waals surface area contributed by atoms with Gasteiger partial charge in [0, 0.05) is 22.9 Å². The molecule has 1 fully saturated rings. The second kappa shape index (κ2) is 7.70. The lowest BCUT2D eigenvalue weighted by atomic mass is 9.81. The van der Waals surface area contributed by atoms with Crippen LogP contribution in [0.25, 0.3) is 0 Å². The van der Waals surface area contributed by atoms with E-state index in [0.717, 1.165) is 0 Å². The van der Waals surface area contributed by atoms with Crippen molar-refractivity contribution in [3.8, 4) is 0 Å². The fourth-order valence-corrected chi connectivity index (χ4v) is 4.78. The summed E-state index contributed by atoms with van der Waals surface area (Å²) in [5.41, 5.74) is 0.473. The van der Waals surface area contributed by atoms with Crippen molar-refractivity contribution in [3.05, 3.63) is 33.8 Å². The first-order valence-electron chi connectivity index (χ1n) is 7.83. The lowest BCUT2D eigenvalue weighted by molar-refractivity contribution is -0.133. The minimum atomic E-state index is -3.36. The lowest BCUT2D eigenvalue weighted by Crippen LogP contribution is -2.35. The number of benzene rings is 1. The normalized spacial score (nSPS) is 16.4. The van der Waals surface area contributed by atoms with Gasteiger partial charge in [0.25, 0.3) is 0 Å². The van der Waals surface area contributed by atoms with Crippen LogP contribution in [0.4, 0.5) is 0 Å². The quantitative estimate of drug-likeness (QED) is 0.527. The molecule has 1 saturated carbocycles. The highest BCUT2D eigenvalue weighted by Crippen LogP contribution is 2.26. The second-order valence-electron chi connectivity index (χ2n) is 5.98. The zero-order valence-electron chi connectivity index (χ0n) is 13.4. The monoisotopic (exact) mass is 414 g/mol. The van der Waals surface area contributed by atoms with Gasteiger partial charge < -0.3 is 0 Å². The number of ketones is 3. The van der Waals surface area contributed by atoms with Crippen molar-refractivity contribution in [1.29, 1.82) is 0 Å². The highest BCUT2D eigenvalue weighted by molar-refractivity contribution is 9.10. The summed E-state index contributed by atoms with van der Waals surface area (Å²) in [4.78, 5) is 36.8. The van der Waals surface area contributed by atoms with Gasteiger partial charge in [0.15, 0.2) is 27.2 Å². The van der Waals surface area contributed by atoms with Crippen LogP contribution in [0.15, 0.2) is 22.7 Å². The molecule has 130 valence electrons. The van der Waals surface area contributed by atoms with Gasteiger partial charge in [0.05, 0.1) is 11.5 Å². The fraction of sp³-hybridized carbons (Fsp3) is 0.471. The van der Waals surface area contributed by atoms with Crippen molar-refractivity contribution < 1.29 is 22.8 Å². The Labute approximate surface area is 149 Å². The standard InChI is InChI=1S/C17H19BrO5S/c1-2-8-24(22,23)10-11-9-12(18)6-7-13(11)17(21)16-14(19)4-3-5-15(16)20/h6-7,9,16H,2-5,8,10H2,1H3. The van der Waals surface area contributed by atoms with Crippen LogP contribution in [0.1, 0.15) is 48.5 Å². The van der Waals surface area contributed by atoms with Gasteiger partial charge in [-0.25, -0.2) is 8.42 Å². The Kier molecular flexibility index (Phi) is 6.09. The third-order valence-electron chi connectivity index (χ3n) is 3.98. The van der Waals surface area contributed by atoms with Gasteiger partial charge in [-0.15, -0.1) is 0 Å². The maximum atomic E-state index is 12.7. The minimum Gasteiger partial charge on any atom is -0.298 e. The smallest absolute Gasteiger partial charge is 0.181 e. The summed E-state index contributed by atoms with van der Waals surface area (Å²) < 4.78 is 24.9. The Morgan fingerprint density at radius 3 is 2.42 bits per heavy atom. The zero-order chi connectivity index (χ0) is 17.9. The number of carbonyl (C=O) groups excluding carboxylic acids is 3. The number of sulfone groups is 1. The molecule has 0 unspecified atom stereocenters. The van der Waals surface area contributed by atoms with Crippen LogP contribution in [-0.4, -0.2) is 31.5 Å². The number of hydrogen-bond donors (Lipinski definition) is 0. The van der Waals surface area contributed by atoms with Crippen molar-refractivity contribution in [3.63, 3.8) is 0 Å². The Morgan fingerprint density at radius 2 is 1.83 bits per heavy atom. The number of hydrogen-bond acceptors (Lipinski definition) is 5. The molecule has 1 aliphatic carbocycles. The third-order valence-corrected chi connectivity index (χ3v) is 6.25. The summed E-state index contributed by atoms with van der Waals surface area (Å²) in [6, 6.07) is 4.66. The molecule has 0 heterocycles. The van der Waals surface area contributed by atoms with E-state index >= 15 is 0 Å². The second-order valence-corrected chi connectivity index (χ2v) is 9.08. The van der Waals surface area contributed by atoms with Crippen LogP contribution in [-0.2, 0) is 25.2 Å². The van der Waals surface area contributed by atoms with Crippen LogP contribution < -0.4 is 0 Å². The van der Waals surface area contributed by atoms with Crippen molar-refractivity contribution >= 4 is 43.1 Å². The largest absolute Gasteiger partial charge is 0.298 e. The lowest BCUT2D eigenvalue weighted by Gasteiger charge is -2.19. The predicted molar refractivity (Wildman–Crippen MR) is 93.6 cm³/mol. The fourth-order valence-electron chi connectivity index (χ4n) is 2.90.